The van der Waals surface area contributed by atoms with Crippen LogP contribution in [0, 0.1) is 6.92 Å². The van der Waals surface area contributed by atoms with Crippen molar-refractivity contribution in [3.8, 4) is 11.3 Å². The van der Waals surface area contributed by atoms with Crippen molar-refractivity contribution in [3.63, 3.8) is 0 Å². The molecular weight excluding hydrogens is 272 g/mol. The van der Waals surface area contributed by atoms with Crippen molar-refractivity contribution in [3.05, 3.63) is 46.9 Å². The van der Waals surface area contributed by atoms with Crippen molar-refractivity contribution >= 4 is 11.6 Å². The van der Waals surface area contributed by atoms with E-state index in [1.165, 1.54) is 0 Å². The second kappa shape index (κ2) is 5.15. The molecule has 4 heteroatoms. The molecule has 1 aromatic heterocycles. The first-order valence-corrected chi connectivity index (χ1v) is 7.22. The second-order valence-corrected chi connectivity index (χ2v) is 5.72. The highest BCUT2D eigenvalue weighted by Gasteiger charge is 2.35. The van der Waals surface area contributed by atoms with Gasteiger partial charge in [0.15, 0.2) is 5.82 Å². The van der Waals surface area contributed by atoms with Gasteiger partial charge in [-0.2, -0.15) is 0 Å². The van der Waals surface area contributed by atoms with Gasteiger partial charge in [-0.25, -0.2) is 9.97 Å². The monoisotopic (exact) mass is 288 g/mol. The van der Waals surface area contributed by atoms with Gasteiger partial charge in [0, 0.05) is 17.7 Å². The number of hydrogen-bond acceptors (Lipinski definition) is 3. The van der Waals surface area contributed by atoms with Gasteiger partial charge in [0.25, 0.3) is 0 Å². The van der Waals surface area contributed by atoms with E-state index in [1.54, 1.807) is 0 Å². The molecule has 20 heavy (non-hydrogen) atoms. The number of hydrogen-bond donors (Lipinski definition) is 0. The SMILES string of the molecule is Cc1c(Cl)nc(C2(C)CCCO2)nc1-c1ccccc1. The molecule has 0 radical (unpaired) electrons. The number of benzene rings is 1. The van der Waals surface area contributed by atoms with Gasteiger partial charge >= 0.3 is 0 Å². The Morgan fingerprint density at radius 1 is 1.20 bits per heavy atom. The first-order valence-electron chi connectivity index (χ1n) is 6.84. The average Bonchev–Trinajstić information content (AvgIpc) is 2.91. The van der Waals surface area contributed by atoms with Crippen LogP contribution in [0.5, 0.6) is 0 Å². The van der Waals surface area contributed by atoms with Gasteiger partial charge in [-0.05, 0) is 26.7 Å². The van der Waals surface area contributed by atoms with Gasteiger partial charge in [-0.15, -0.1) is 0 Å². The summed E-state index contributed by atoms with van der Waals surface area (Å²) in [7, 11) is 0. The average molecular weight is 289 g/mol. The summed E-state index contributed by atoms with van der Waals surface area (Å²) >= 11 is 6.30. The fraction of sp³-hybridized carbons (Fsp3) is 0.375. The number of nitrogens with zero attached hydrogens (tertiary/aromatic N) is 2. The highest BCUT2D eigenvalue weighted by molar-refractivity contribution is 6.30. The molecule has 1 atom stereocenters. The van der Waals surface area contributed by atoms with Crippen LogP contribution in [0.2, 0.25) is 5.15 Å². The zero-order valence-corrected chi connectivity index (χ0v) is 12.4. The summed E-state index contributed by atoms with van der Waals surface area (Å²) in [5.74, 6) is 0.685. The van der Waals surface area contributed by atoms with E-state index in [0.29, 0.717) is 11.0 Å². The highest BCUT2D eigenvalue weighted by Crippen LogP contribution is 2.36. The van der Waals surface area contributed by atoms with Crippen molar-refractivity contribution in [1.82, 2.24) is 9.97 Å². The topological polar surface area (TPSA) is 35.0 Å². The van der Waals surface area contributed by atoms with Crippen LogP contribution in [-0.2, 0) is 10.3 Å². The quantitative estimate of drug-likeness (QED) is 0.779. The van der Waals surface area contributed by atoms with Crippen LogP contribution in [0.3, 0.4) is 0 Å². The lowest BCUT2D eigenvalue weighted by Gasteiger charge is -2.22. The maximum absolute atomic E-state index is 6.30. The third-order valence-corrected chi connectivity index (χ3v) is 4.19. The third kappa shape index (κ3) is 2.32. The summed E-state index contributed by atoms with van der Waals surface area (Å²) in [5.41, 5.74) is 2.43. The largest absolute Gasteiger partial charge is 0.367 e. The summed E-state index contributed by atoms with van der Waals surface area (Å²) in [6, 6.07) is 10.1. The van der Waals surface area contributed by atoms with E-state index in [0.717, 1.165) is 36.3 Å². The molecule has 0 spiro atoms. The predicted octanol–water partition coefficient (Wildman–Crippen LogP) is 4.13. The Morgan fingerprint density at radius 2 is 1.95 bits per heavy atom. The van der Waals surface area contributed by atoms with Crippen LogP contribution in [0.25, 0.3) is 11.3 Å². The Bertz CT molecular complexity index is 622. The van der Waals surface area contributed by atoms with Crippen LogP contribution < -0.4 is 0 Å². The molecule has 1 aliphatic rings. The first-order chi connectivity index (χ1) is 9.60. The van der Waals surface area contributed by atoms with Gasteiger partial charge in [0.1, 0.15) is 10.8 Å². The smallest absolute Gasteiger partial charge is 0.162 e. The van der Waals surface area contributed by atoms with Crippen molar-refractivity contribution in [2.24, 2.45) is 0 Å². The van der Waals surface area contributed by atoms with E-state index < -0.39 is 5.60 Å². The normalized spacial score (nSPS) is 22.1. The predicted molar refractivity (Wildman–Crippen MR) is 79.8 cm³/mol. The zero-order valence-electron chi connectivity index (χ0n) is 11.7. The van der Waals surface area contributed by atoms with Crippen LogP contribution >= 0.6 is 11.6 Å². The lowest BCUT2D eigenvalue weighted by Crippen LogP contribution is -2.24. The summed E-state index contributed by atoms with van der Waals surface area (Å²) in [6.45, 7) is 4.74. The second-order valence-electron chi connectivity index (χ2n) is 5.36. The summed E-state index contributed by atoms with van der Waals surface area (Å²) in [4.78, 5) is 9.18. The Morgan fingerprint density at radius 3 is 2.60 bits per heavy atom. The molecule has 3 nitrogen and oxygen atoms in total. The van der Waals surface area contributed by atoms with Crippen LogP contribution in [0.1, 0.15) is 31.2 Å². The molecule has 0 bridgehead atoms. The minimum absolute atomic E-state index is 0.416. The molecule has 0 N–H and O–H groups in total. The molecule has 2 heterocycles. The maximum Gasteiger partial charge on any atom is 0.162 e. The Kier molecular flexibility index (Phi) is 3.48. The number of halogens is 1. The fourth-order valence-corrected chi connectivity index (χ4v) is 2.73. The summed E-state index contributed by atoms with van der Waals surface area (Å²) in [5, 5.41) is 0.505. The molecule has 1 aliphatic heterocycles. The van der Waals surface area contributed by atoms with E-state index in [9.17, 15) is 0 Å². The molecule has 2 aromatic rings. The van der Waals surface area contributed by atoms with E-state index >= 15 is 0 Å². The number of aromatic nitrogens is 2. The van der Waals surface area contributed by atoms with E-state index in [2.05, 4.69) is 4.98 Å². The molecule has 0 amide bonds. The molecular formula is C16H17ClN2O. The maximum atomic E-state index is 6.30. The molecule has 104 valence electrons. The summed E-state index contributed by atoms with van der Waals surface area (Å²) in [6.07, 6.45) is 1.96. The minimum atomic E-state index is -0.416. The molecule has 1 unspecified atom stereocenters. The van der Waals surface area contributed by atoms with Gasteiger partial charge in [0.2, 0.25) is 0 Å². The highest BCUT2D eigenvalue weighted by atomic mass is 35.5. The zero-order chi connectivity index (χ0) is 14.2. The Labute approximate surface area is 124 Å². The molecule has 1 saturated heterocycles. The molecule has 1 fully saturated rings. The minimum Gasteiger partial charge on any atom is -0.367 e. The summed E-state index contributed by atoms with van der Waals surface area (Å²) < 4.78 is 5.83. The number of rotatable bonds is 2. The Hall–Kier alpha value is -1.45. The van der Waals surface area contributed by atoms with E-state index in [4.69, 9.17) is 21.3 Å². The molecule has 3 rings (SSSR count). The Balaban J connectivity index is 2.13. The van der Waals surface area contributed by atoms with Crippen molar-refractivity contribution < 1.29 is 4.74 Å². The van der Waals surface area contributed by atoms with E-state index in [-0.39, 0.29) is 0 Å². The third-order valence-electron chi connectivity index (χ3n) is 3.83. The lowest BCUT2D eigenvalue weighted by molar-refractivity contribution is 0.00941. The molecule has 1 aromatic carbocycles. The standard InChI is InChI=1S/C16H17ClN2O/c1-11-13(12-7-4-3-5-8-12)18-15(19-14(11)17)16(2)9-6-10-20-16/h3-5,7-8H,6,9-10H2,1-2H3. The first kappa shape index (κ1) is 13.5. The van der Waals surface area contributed by atoms with Gasteiger partial charge in [0.05, 0.1) is 5.69 Å². The fourth-order valence-electron chi connectivity index (χ4n) is 2.56. The van der Waals surface area contributed by atoms with Crippen LogP contribution in [0.4, 0.5) is 0 Å². The van der Waals surface area contributed by atoms with Gasteiger partial charge < -0.3 is 4.74 Å². The van der Waals surface area contributed by atoms with Crippen LogP contribution in [-0.4, -0.2) is 16.6 Å². The lowest BCUT2D eigenvalue weighted by atomic mass is 10.0. The molecule has 0 aliphatic carbocycles. The van der Waals surface area contributed by atoms with Gasteiger partial charge in [-0.3, -0.25) is 0 Å². The van der Waals surface area contributed by atoms with Crippen molar-refractivity contribution in [2.75, 3.05) is 6.61 Å². The molecule has 0 saturated carbocycles. The van der Waals surface area contributed by atoms with Crippen molar-refractivity contribution in [1.29, 1.82) is 0 Å². The van der Waals surface area contributed by atoms with Gasteiger partial charge in [-0.1, -0.05) is 41.9 Å². The van der Waals surface area contributed by atoms with E-state index in [1.807, 2.05) is 44.2 Å². The van der Waals surface area contributed by atoms with Crippen LogP contribution in [0.15, 0.2) is 30.3 Å². The number of ether oxygens (including phenoxy) is 1. The van der Waals surface area contributed by atoms with Crippen molar-refractivity contribution in [2.45, 2.75) is 32.3 Å².